The van der Waals surface area contributed by atoms with E-state index in [-0.39, 0.29) is 17.6 Å². The molecule has 1 spiro atoms. The third-order valence-corrected chi connectivity index (χ3v) is 6.81. The van der Waals surface area contributed by atoms with Gasteiger partial charge in [0.1, 0.15) is 5.78 Å². The summed E-state index contributed by atoms with van der Waals surface area (Å²) in [5.41, 5.74) is 1.27. The van der Waals surface area contributed by atoms with Crippen molar-refractivity contribution in [2.24, 2.45) is 5.92 Å². The number of benzene rings is 1. The van der Waals surface area contributed by atoms with Crippen molar-refractivity contribution < 1.29 is 14.4 Å². The Kier molecular flexibility index (Phi) is 4.66. The number of hydrogen-bond donors (Lipinski definition) is 0. The molecule has 1 atom stereocenters. The van der Waals surface area contributed by atoms with Crippen molar-refractivity contribution in [2.45, 2.75) is 63.8 Å². The first-order valence-electron chi connectivity index (χ1n) is 10.1. The van der Waals surface area contributed by atoms with E-state index in [2.05, 4.69) is 4.90 Å². The molecule has 0 bridgehead atoms. The van der Waals surface area contributed by atoms with E-state index in [1.165, 1.54) is 11.8 Å². The number of imide groups is 1. The third kappa shape index (κ3) is 3.02. The van der Waals surface area contributed by atoms with Crippen molar-refractivity contribution in [1.82, 2.24) is 4.90 Å². The summed E-state index contributed by atoms with van der Waals surface area (Å²) in [5.74, 6) is 0.533. The van der Waals surface area contributed by atoms with Crippen LogP contribution in [0.15, 0.2) is 24.3 Å². The molecule has 0 unspecified atom stereocenters. The summed E-state index contributed by atoms with van der Waals surface area (Å²) in [6.07, 6.45) is 5.32. The zero-order valence-electron chi connectivity index (χ0n) is 16.2. The van der Waals surface area contributed by atoms with E-state index in [1.807, 2.05) is 24.3 Å². The first kappa shape index (κ1) is 18.4. The summed E-state index contributed by atoms with van der Waals surface area (Å²) in [7, 11) is 0. The van der Waals surface area contributed by atoms with Crippen LogP contribution in [0.3, 0.4) is 0 Å². The van der Waals surface area contributed by atoms with Crippen LogP contribution in [0.2, 0.25) is 0 Å². The van der Waals surface area contributed by atoms with Gasteiger partial charge in [-0.25, -0.2) is 4.90 Å². The molecule has 1 saturated carbocycles. The monoisotopic (exact) mass is 368 g/mol. The molecule has 5 heteroatoms. The predicted octanol–water partition coefficient (Wildman–Crippen LogP) is 3.06. The molecule has 2 fully saturated rings. The maximum atomic E-state index is 13.2. The SMILES string of the molecule is CC(=O)C[C@H]1CCN(C2CCC3(CC2)C(=O)N(C(C)=O)c2ccccc23)C1. The molecule has 3 aliphatic rings. The minimum Gasteiger partial charge on any atom is -0.300 e. The second-order valence-corrected chi connectivity index (χ2v) is 8.55. The Hall–Kier alpha value is -2.01. The molecule has 5 nitrogen and oxygen atoms in total. The quantitative estimate of drug-likeness (QED) is 0.823. The number of anilines is 1. The first-order chi connectivity index (χ1) is 12.9. The van der Waals surface area contributed by atoms with Crippen LogP contribution in [-0.4, -0.2) is 41.6 Å². The van der Waals surface area contributed by atoms with Crippen LogP contribution in [0.5, 0.6) is 0 Å². The molecule has 1 aromatic rings. The molecular formula is C22H28N2O3. The van der Waals surface area contributed by atoms with Crippen LogP contribution >= 0.6 is 0 Å². The van der Waals surface area contributed by atoms with Gasteiger partial charge in [0.2, 0.25) is 11.8 Å². The van der Waals surface area contributed by atoms with Crippen molar-refractivity contribution in [3.63, 3.8) is 0 Å². The number of para-hydroxylation sites is 1. The number of rotatable bonds is 3. The van der Waals surface area contributed by atoms with Crippen molar-refractivity contribution in [3.8, 4) is 0 Å². The second-order valence-electron chi connectivity index (χ2n) is 8.55. The van der Waals surface area contributed by atoms with Crippen LogP contribution < -0.4 is 4.90 Å². The largest absolute Gasteiger partial charge is 0.300 e. The van der Waals surface area contributed by atoms with E-state index in [0.29, 0.717) is 18.4 Å². The van der Waals surface area contributed by atoms with Gasteiger partial charge in [0.05, 0.1) is 11.1 Å². The van der Waals surface area contributed by atoms with Crippen LogP contribution in [0.4, 0.5) is 5.69 Å². The van der Waals surface area contributed by atoms with Gasteiger partial charge in [-0.15, -0.1) is 0 Å². The van der Waals surface area contributed by atoms with Crippen molar-refractivity contribution >= 4 is 23.3 Å². The molecule has 0 aromatic heterocycles. The zero-order chi connectivity index (χ0) is 19.2. The molecule has 1 aliphatic carbocycles. The van der Waals surface area contributed by atoms with E-state index in [1.54, 1.807) is 6.92 Å². The Bertz CT molecular complexity index is 780. The summed E-state index contributed by atoms with van der Waals surface area (Å²) in [6, 6.07) is 8.26. The third-order valence-electron chi connectivity index (χ3n) is 6.81. The van der Waals surface area contributed by atoms with Crippen LogP contribution in [-0.2, 0) is 19.8 Å². The highest BCUT2D eigenvalue weighted by Gasteiger charge is 2.53. The van der Waals surface area contributed by atoms with Crippen LogP contribution in [0, 0.1) is 5.92 Å². The number of fused-ring (bicyclic) bond motifs is 2. The van der Waals surface area contributed by atoms with E-state index in [4.69, 9.17) is 0 Å². The summed E-state index contributed by atoms with van der Waals surface area (Å²) in [4.78, 5) is 40.7. The van der Waals surface area contributed by atoms with E-state index in [0.717, 1.165) is 56.4 Å². The number of nitrogens with zero attached hydrogens (tertiary/aromatic N) is 2. The Balaban J connectivity index is 1.50. The number of carbonyl (C=O) groups excluding carboxylic acids is 3. The number of likely N-dealkylation sites (tertiary alicyclic amines) is 1. The fourth-order valence-electron chi connectivity index (χ4n) is 5.54. The molecule has 2 amide bonds. The van der Waals surface area contributed by atoms with Gasteiger partial charge < -0.3 is 9.69 Å². The van der Waals surface area contributed by atoms with Gasteiger partial charge in [0.15, 0.2) is 0 Å². The fourth-order valence-corrected chi connectivity index (χ4v) is 5.54. The maximum absolute atomic E-state index is 13.2. The molecule has 0 radical (unpaired) electrons. The number of carbonyl (C=O) groups is 3. The van der Waals surface area contributed by atoms with Gasteiger partial charge >= 0.3 is 0 Å². The number of hydrogen-bond acceptors (Lipinski definition) is 4. The minimum absolute atomic E-state index is 0.0365. The summed E-state index contributed by atoms with van der Waals surface area (Å²) in [5, 5.41) is 0. The molecule has 2 heterocycles. The average molecular weight is 368 g/mol. The first-order valence-corrected chi connectivity index (χ1v) is 10.1. The molecule has 0 N–H and O–H groups in total. The second kappa shape index (κ2) is 6.86. The van der Waals surface area contributed by atoms with Crippen LogP contribution in [0.25, 0.3) is 0 Å². The number of amides is 2. The standard InChI is InChI=1S/C22H28N2O3/c1-15(25)13-17-9-12-23(14-17)18-7-10-22(11-8-18)19-5-3-4-6-20(19)24(16(2)26)21(22)27/h3-6,17-18H,7-14H2,1-2H3/t17-,18?,22?/m1/s1. The molecule has 144 valence electrons. The van der Waals surface area contributed by atoms with Crippen molar-refractivity contribution in [2.75, 3.05) is 18.0 Å². The van der Waals surface area contributed by atoms with Crippen molar-refractivity contribution in [1.29, 1.82) is 0 Å². The molecular weight excluding hydrogens is 340 g/mol. The summed E-state index contributed by atoms with van der Waals surface area (Å²) >= 11 is 0. The Morgan fingerprint density at radius 2 is 1.81 bits per heavy atom. The topological polar surface area (TPSA) is 57.7 Å². The Morgan fingerprint density at radius 1 is 1.11 bits per heavy atom. The lowest BCUT2D eigenvalue weighted by atomic mass is 9.68. The van der Waals surface area contributed by atoms with E-state index in [9.17, 15) is 14.4 Å². The number of ketones is 1. The molecule has 1 saturated heterocycles. The van der Waals surface area contributed by atoms with Gasteiger partial charge in [-0.2, -0.15) is 0 Å². The molecule has 1 aromatic carbocycles. The predicted molar refractivity (Wildman–Crippen MR) is 104 cm³/mol. The van der Waals surface area contributed by atoms with E-state index >= 15 is 0 Å². The highest BCUT2D eigenvalue weighted by atomic mass is 16.2. The maximum Gasteiger partial charge on any atom is 0.244 e. The molecule has 27 heavy (non-hydrogen) atoms. The summed E-state index contributed by atoms with van der Waals surface area (Å²) in [6.45, 7) is 5.21. The lowest BCUT2D eigenvalue weighted by Gasteiger charge is -2.39. The van der Waals surface area contributed by atoms with Gasteiger partial charge in [0, 0.05) is 25.9 Å². The van der Waals surface area contributed by atoms with Gasteiger partial charge in [0.25, 0.3) is 0 Å². The van der Waals surface area contributed by atoms with Gasteiger partial charge in [-0.1, -0.05) is 18.2 Å². The Labute approximate surface area is 160 Å². The smallest absolute Gasteiger partial charge is 0.244 e. The molecule has 2 aliphatic heterocycles. The number of Topliss-reactive ketones (excluding diaryl/α,β-unsaturated/α-hetero) is 1. The van der Waals surface area contributed by atoms with Gasteiger partial charge in [-0.05, 0) is 63.1 Å². The highest BCUT2D eigenvalue weighted by molar-refractivity contribution is 6.22. The summed E-state index contributed by atoms with van der Waals surface area (Å²) < 4.78 is 0. The zero-order valence-corrected chi connectivity index (χ0v) is 16.2. The fraction of sp³-hybridized carbons (Fsp3) is 0.591. The Morgan fingerprint density at radius 3 is 2.48 bits per heavy atom. The normalized spacial score (nSPS) is 30.7. The lowest BCUT2D eigenvalue weighted by Crippen LogP contribution is -2.47. The molecule has 4 rings (SSSR count). The average Bonchev–Trinajstić information content (AvgIpc) is 3.18. The van der Waals surface area contributed by atoms with E-state index < -0.39 is 5.41 Å². The van der Waals surface area contributed by atoms with Crippen molar-refractivity contribution in [3.05, 3.63) is 29.8 Å². The highest BCUT2D eigenvalue weighted by Crippen LogP contribution is 2.50. The lowest BCUT2D eigenvalue weighted by molar-refractivity contribution is -0.129. The minimum atomic E-state index is -0.530. The van der Waals surface area contributed by atoms with Gasteiger partial charge in [-0.3, -0.25) is 9.59 Å². The van der Waals surface area contributed by atoms with Crippen LogP contribution in [0.1, 0.15) is 57.9 Å².